The number of nitrogens with two attached hydrogens (primary N) is 8. The molecule has 0 radical (unpaired) electrons. The fourth-order valence-electron chi connectivity index (χ4n) is 19.2. The van der Waals surface area contributed by atoms with Gasteiger partial charge in [0.2, 0.25) is 0 Å². The monoisotopic (exact) mass is 1830 g/mol. The van der Waals surface area contributed by atoms with Crippen LogP contribution in [0.2, 0.25) is 35.3 Å². The molecule has 0 amide bonds. The van der Waals surface area contributed by atoms with Gasteiger partial charge in [0.25, 0.3) is 0 Å². The summed E-state index contributed by atoms with van der Waals surface area (Å²) in [6.45, 7) is 7.55. The number of hydrogen-bond donors (Lipinski definition) is 9. The summed E-state index contributed by atoms with van der Waals surface area (Å²) in [5.74, 6) is 3.60. The van der Waals surface area contributed by atoms with Crippen LogP contribution in [0.15, 0.2) is 199 Å². The maximum atomic E-state index is 6.69. The lowest BCUT2D eigenvalue weighted by molar-refractivity contribution is 0.174. The van der Waals surface area contributed by atoms with Crippen molar-refractivity contribution in [3.05, 3.63) is 290 Å². The van der Waals surface area contributed by atoms with Gasteiger partial charge in [-0.15, -0.1) is 0 Å². The van der Waals surface area contributed by atoms with Gasteiger partial charge in [-0.1, -0.05) is 226 Å². The lowest BCUT2D eigenvalue weighted by Gasteiger charge is -2.42. The van der Waals surface area contributed by atoms with Gasteiger partial charge in [0.15, 0.2) is 39.0 Å². The van der Waals surface area contributed by atoms with Gasteiger partial charge in [0.1, 0.15) is 57.4 Å². The maximum Gasteiger partial charge on any atom is 0.180 e. The van der Waals surface area contributed by atoms with E-state index in [0.717, 1.165) is 128 Å². The molecule has 630 valence electrons. The number of nitrogen functional groups attached to an aromatic ring is 4. The normalized spacial score (nSPS) is 20.0. The molecule has 9 aliphatic rings. The van der Waals surface area contributed by atoms with Crippen molar-refractivity contribution in [2.75, 3.05) is 90.0 Å². The van der Waals surface area contributed by atoms with E-state index in [-0.39, 0.29) is 64.9 Å². The lowest BCUT2D eigenvalue weighted by Crippen LogP contribution is -2.44. The number of piperidine rings is 4. The molecule has 20 rings (SSSR count). The van der Waals surface area contributed by atoms with E-state index in [0.29, 0.717) is 108 Å². The molecule has 17 N–H and O–H groups in total. The second-order valence-corrected chi connectivity index (χ2v) is 36.2. The third kappa shape index (κ3) is 17.6. The molecule has 2 unspecified atom stereocenters. The predicted molar refractivity (Wildman–Crippen MR) is 507 cm³/mol. The number of halogens is 9. The molecule has 4 aromatic heterocycles. The smallest absolute Gasteiger partial charge is 0.180 e. The highest BCUT2D eigenvalue weighted by Crippen LogP contribution is 2.56. The molecule has 122 heavy (non-hydrogen) atoms. The minimum Gasteiger partial charge on any atom is -0.382 e. The first kappa shape index (κ1) is 88.2. The van der Waals surface area contributed by atoms with Gasteiger partial charge in [0, 0.05) is 97.8 Å². The predicted octanol–water partition coefficient (Wildman–Crippen LogP) is 19.5. The number of nitrogens with one attached hydrogen (secondary N) is 1. The molecule has 4 fully saturated rings. The number of allylic oxidation sites excluding steroid dienone is 6. The zero-order chi connectivity index (χ0) is 84.7. The van der Waals surface area contributed by atoms with E-state index < -0.39 is 0 Å². The van der Waals surface area contributed by atoms with E-state index in [2.05, 4.69) is 163 Å². The molecule has 20 nitrogen and oxygen atoms in total. The largest absolute Gasteiger partial charge is 0.382 e. The van der Waals surface area contributed by atoms with E-state index in [1.165, 1.54) is 70.0 Å². The van der Waals surface area contributed by atoms with Gasteiger partial charge in [-0.2, -0.15) is 13.5 Å². The van der Waals surface area contributed by atoms with Crippen LogP contribution in [-0.2, 0) is 25.7 Å². The van der Waals surface area contributed by atoms with Crippen LogP contribution in [-0.4, -0.2) is 92.2 Å². The Hall–Kier alpha value is -8.65. The Labute approximate surface area is 763 Å². The molecule has 4 aliphatic heterocycles. The zero-order valence-electron chi connectivity index (χ0n) is 66.8. The summed E-state index contributed by atoms with van der Waals surface area (Å²) in [5, 5.41) is 7.10. The molecule has 4 atom stereocenters. The number of benzene rings is 7. The van der Waals surface area contributed by atoms with Crippen molar-refractivity contribution in [3.8, 4) is 33.8 Å². The third-order valence-electron chi connectivity index (χ3n) is 26.1. The number of nitrogens with zero attached hydrogens (tertiary/aromatic N) is 11. The number of hydrogen-bond acceptors (Lipinski definition) is 20. The molecule has 30 heteroatoms. The van der Waals surface area contributed by atoms with Crippen molar-refractivity contribution in [2.24, 2.45) is 44.6 Å². The summed E-state index contributed by atoms with van der Waals surface area (Å²) in [7, 11) is 0. The summed E-state index contributed by atoms with van der Waals surface area (Å²) in [6.07, 6.45) is 25.7. The Bertz CT molecular complexity index is 5390. The summed E-state index contributed by atoms with van der Waals surface area (Å²) < 4.78 is 0. The minimum absolute atomic E-state index is 0. The van der Waals surface area contributed by atoms with Crippen molar-refractivity contribution in [1.29, 1.82) is 0 Å². The Balaban J connectivity index is 0.000000121. The Morgan fingerprint density at radius 3 is 0.951 bits per heavy atom. The second kappa shape index (κ2) is 37.3. The Kier molecular flexibility index (Phi) is 26.9. The molecule has 0 bridgehead atoms. The van der Waals surface area contributed by atoms with Crippen molar-refractivity contribution in [2.45, 2.75) is 101 Å². The van der Waals surface area contributed by atoms with Gasteiger partial charge >= 0.3 is 0 Å². The first-order chi connectivity index (χ1) is 58.4. The highest BCUT2D eigenvalue weighted by molar-refractivity contribution is 7.59. The number of anilines is 7. The van der Waals surface area contributed by atoms with Crippen LogP contribution in [0, 0.1) is 27.7 Å². The highest BCUT2D eigenvalue weighted by Gasteiger charge is 2.50. The minimum atomic E-state index is 0. The average molecular weight is 1830 g/mol. The Morgan fingerprint density at radius 1 is 0.352 bits per heavy atom. The van der Waals surface area contributed by atoms with Gasteiger partial charge in [-0.25, -0.2) is 39.9 Å². The van der Waals surface area contributed by atoms with Gasteiger partial charge in [-0.3, -0.25) is 0 Å². The fourth-order valence-corrected chi connectivity index (χ4v) is 20.9. The zero-order valence-corrected chi connectivity index (χ0v) is 74.6. The lowest BCUT2D eigenvalue weighted by atomic mass is 9.73. The van der Waals surface area contributed by atoms with Crippen molar-refractivity contribution < 1.29 is 0 Å². The van der Waals surface area contributed by atoms with E-state index in [4.69, 9.17) is 150 Å². The molecule has 4 spiro atoms. The van der Waals surface area contributed by atoms with Crippen LogP contribution >= 0.6 is 118 Å². The van der Waals surface area contributed by atoms with Crippen LogP contribution in [0.25, 0.3) is 39.3 Å². The molecule has 5 aliphatic carbocycles. The number of rotatable bonds is 7. The molecule has 4 saturated heterocycles. The molecular weight excluding hydrogens is 1740 g/mol. The topological polar surface area (TPSA) is 333 Å². The van der Waals surface area contributed by atoms with E-state index in [1.54, 1.807) is 48.9 Å². The quantitative estimate of drug-likeness (QED) is 0.0669. The number of fused-ring (bicyclic) bond motifs is 4. The van der Waals surface area contributed by atoms with Crippen molar-refractivity contribution in [1.82, 2.24) is 45.2 Å². The highest BCUT2D eigenvalue weighted by atomic mass is 35.5. The second-order valence-electron chi connectivity index (χ2n) is 32.7. The summed E-state index contributed by atoms with van der Waals surface area (Å²) in [6, 6.07) is 51.2. The van der Waals surface area contributed by atoms with Crippen molar-refractivity contribution in [3.63, 3.8) is 0 Å². The van der Waals surface area contributed by atoms with E-state index >= 15 is 0 Å². The molecule has 0 saturated carbocycles. The first-order valence-corrected chi connectivity index (χ1v) is 43.9. The average Bonchev–Trinajstić information content (AvgIpc) is 1.65. The molecular formula is C92H94Cl9N20S+. The van der Waals surface area contributed by atoms with E-state index in [1.807, 2.05) is 36.4 Å². The summed E-state index contributed by atoms with van der Waals surface area (Å²) in [4.78, 5) is 42.3. The third-order valence-corrected chi connectivity index (χ3v) is 29.5. The fraction of sp³-hybridized carbons (Fsp3) is 0.304. The summed E-state index contributed by atoms with van der Waals surface area (Å²) >= 11 is 55.0. The van der Waals surface area contributed by atoms with Crippen LogP contribution in [0.1, 0.15) is 126 Å². The number of aromatic nitrogens is 8. The van der Waals surface area contributed by atoms with Gasteiger partial charge in [0.05, 0.1) is 54.9 Å². The van der Waals surface area contributed by atoms with Gasteiger partial charge < -0.3 is 65.9 Å². The van der Waals surface area contributed by atoms with E-state index in [9.17, 15) is 0 Å². The van der Waals surface area contributed by atoms with Crippen LogP contribution in [0.5, 0.6) is 0 Å². The molecule has 11 aromatic rings. The van der Waals surface area contributed by atoms with Crippen molar-refractivity contribution >= 4 is 164 Å². The standard InChI is InChI=1S/3C23H23Cl2N5.C13H18N2.C10H5Cl3N3.H2S/c3*24-17-7-3-6-16(19(17)25)20-22(27)29-18(13-28-20)30-10-8-23(9-11-30)12-14-4-1-2-5-15(14)21(23)26;14-12-11-4-2-1-3-10(11)9-13(12)5-7-15-8-6-13;11-6-3-1-2-5(8(6)13)9-10(14)16-7(12)4-15-9;/h3*1-7,13,21H,8-12,26H2,(H2,27,29);1-4,12,15H,5-9,14H2;2-4H,(H2,14,16);1H2/q;;;;+1;/t2*21-;;;;/m10..../s1. The van der Waals surface area contributed by atoms with Crippen LogP contribution < -0.4 is 65.9 Å². The van der Waals surface area contributed by atoms with Crippen LogP contribution in [0.3, 0.4) is 0 Å². The SMILES string of the molecule is NC1c2ccccc2CC12CCNCC2.Nc1nc(Cl)cnc1C1=C(Cl)C(Cl)=C[C+]=C1.Nc1nc(N2CCC3(CC2)Cc2ccccc2C3N)cnc1-c1cccc(Cl)c1Cl.Nc1nc(N2CCC3(CC2)Cc2ccccc2[C@@H]3N)cnc1-c1cccc(Cl)c1Cl.Nc1nc(N2CCC3(CC2)Cc2ccccc2[C@H]3N)cnc1-c1cccc(Cl)c1Cl.S. The maximum absolute atomic E-state index is 6.69. The van der Waals surface area contributed by atoms with Crippen LogP contribution in [0.4, 0.5) is 40.7 Å². The molecule has 8 heterocycles. The molecule has 7 aromatic carbocycles. The summed E-state index contributed by atoms with van der Waals surface area (Å²) in [5.41, 5.74) is 67.4. The van der Waals surface area contributed by atoms with Gasteiger partial charge in [-0.05, 0) is 175 Å². The Morgan fingerprint density at radius 2 is 0.648 bits per heavy atom. The first-order valence-electron chi connectivity index (χ1n) is 40.5.